The Labute approximate surface area is 128 Å². The topological polar surface area (TPSA) is 72.9 Å². The van der Waals surface area contributed by atoms with Crippen molar-refractivity contribution in [3.63, 3.8) is 0 Å². The number of carbonyl (C=O) groups excluding carboxylic acids is 1. The number of carbonyl (C=O) groups is 1. The monoisotopic (exact) mass is 331 g/mol. The Morgan fingerprint density at radius 2 is 1.91 bits per heavy atom. The van der Waals surface area contributed by atoms with Crippen molar-refractivity contribution >= 4 is 16.0 Å². The second kappa shape index (κ2) is 6.62. The van der Waals surface area contributed by atoms with E-state index in [-0.39, 0.29) is 35.6 Å². The molecule has 2 rings (SSSR count). The Hall–Kier alpha value is -1.67. The maximum Gasteiger partial charge on any atom is 0.308 e. The largest absolute Gasteiger partial charge is 0.494 e. The summed E-state index contributed by atoms with van der Waals surface area (Å²) in [5.41, 5.74) is 0. The minimum absolute atomic E-state index is 0.0108. The van der Waals surface area contributed by atoms with Gasteiger partial charge in [0.05, 0.1) is 25.0 Å². The van der Waals surface area contributed by atoms with Crippen molar-refractivity contribution in [3.05, 3.63) is 24.0 Å². The molecule has 1 saturated heterocycles. The van der Waals surface area contributed by atoms with E-state index < -0.39 is 15.8 Å². The zero-order chi connectivity index (χ0) is 16.3. The number of methoxy groups -OCH3 is 2. The van der Waals surface area contributed by atoms with Gasteiger partial charge in [0.1, 0.15) is 0 Å². The first-order valence-electron chi connectivity index (χ1n) is 6.81. The number of nitrogens with zero attached hydrogens (tertiary/aromatic N) is 1. The van der Waals surface area contributed by atoms with Gasteiger partial charge in [-0.1, -0.05) is 0 Å². The van der Waals surface area contributed by atoms with Crippen molar-refractivity contribution in [2.45, 2.75) is 17.7 Å². The lowest BCUT2D eigenvalue weighted by Crippen LogP contribution is -2.40. The van der Waals surface area contributed by atoms with Crippen molar-refractivity contribution in [1.29, 1.82) is 0 Å². The molecule has 0 unspecified atom stereocenters. The van der Waals surface area contributed by atoms with Crippen molar-refractivity contribution in [2.75, 3.05) is 27.3 Å². The fraction of sp³-hybridized carbons (Fsp3) is 0.500. The second-order valence-corrected chi connectivity index (χ2v) is 6.94. The van der Waals surface area contributed by atoms with E-state index in [4.69, 9.17) is 4.74 Å². The molecule has 0 N–H and O–H groups in total. The normalized spacial score (nSPS) is 17.2. The lowest BCUT2D eigenvalue weighted by molar-refractivity contribution is -0.146. The Bertz CT molecular complexity index is 653. The van der Waals surface area contributed by atoms with Gasteiger partial charge < -0.3 is 9.47 Å². The SMILES string of the molecule is COC(=O)C1CCN(S(=O)(=O)c2ccc(OC)c(F)c2)CC1. The van der Waals surface area contributed by atoms with Crippen LogP contribution in [0.25, 0.3) is 0 Å². The number of piperidine rings is 1. The number of halogens is 1. The van der Waals surface area contributed by atoms with E-state index in [9.17, 15) is 17.6 Å². The molecule has 1 aromatic rings. The Morgan fingerprint density at radius 3 is 2.41 bits per heavy atom. The van der Waals surface area contributed by atoms with Gasteiger partial charge in [0.15, 0.2) is 11.6 Å². The first-order chi connectivity index (χ1) is 10.4. The average Bonchev–Trinajstić information content (AvgIpc) is 2.54. The summed E-state index contributed by atoms with van der Waals surface area (Å²) in [6.45, 7) is 0.408. The molecule has 0 aromatic heterocycles. The summed E-state index contributed by atoms with van der Waals surface area (Å²) in [5, 5.41) is 0. The first kappa shape index (κ1) is 16.7. The molecule has 0 amide bonds. The van der Waals surface area contributed by atoms with Crippen LogP contribution in [0.3, 0.4) is 0 Å². The van der Waals surface area contributed by atoms with E-state index in [1.165, 1.54) is 30.7 Å². The standard InChI is InChI=1S/C14H18FNO5S/c1-20-13-4-3-11(9-12(13)15)22(18,19)16-7-5-10(6-8-16)14(17)21-2/h3-4,9-10H,5-8H2,1-2H3. The minimum Gasteiger partial charge on any atom is -0.494 e. The highest BCUT2D eigenvalue weighted by atomic mass is 32.2. The Kier molecular flexibility index (Phi) is 5.02. The summed E-state index contributed by atoms with van der Waals surface area (Å²) < 4.78 is 49.4. The summed E-state index contributed by atoms with van der Waals surface area (Å²) in [5.74, 6) is -1.35. The average molecular weight is 331 g/mol. The third-order valence-electron chi connectivity index (χ3n) is 3.75. The molecule has 0 bridgehead atoms. The van der Waals surface area contributed by atoms with Gasteiger partial charge in [0, 0.05) is 13.1 Å². The lowest BCUT2D eigenvalue weighted by atomic mass is 9.99. The number of sulfonamides is 1. The lowest BCUT2D eigenvalue weighted by Gasteiger charge is -2.29. The highest BCUT2D eigenvalue weighted by Gasteiger charge is 2.32. The van der Waals surface area contributed by atoms with Gasteiger partial charge in [-0.2, -0.15) is 4.31 Å². The minimum atomic E-state index is -3.78. The first-order valence-corrected chi connectivity index (χ1v) is 8.25. The summed E-state index contributed by atoms with van der Waals surface area (Å²) in [6.07, 6.45) is 0.787. The number of hydrogen-bond acceptors (Lipinski definition) is 5. The highest BCUT2D eigenvalue weighted by molar-refractivity contribution is 7.89. The quantitative estimate of drug-likeness (QED) is 0.780. The molecule has 0 saturated carbocycles. The third-order valence-corrected chi connectivity index (χ3v) is 5.64. The van der Waals surface area contributed by atoms with Crippen LogP contribution in [0.15, 0.2) is 23.1 Å². The Balaban J connectivity index is 2.15. The molecule has 22 heavy (non-hydrogen) atoms. The number of hydrogen-bond donors (Lipinski definition) is 0. The van der Waals surface area contributed by atoms with Crippen molar-refractivity contribution in [2.24, 2.45) is 5.92 Å². The molecular formula is C14H18FNO5S. The molecule has 8 heteroatoms. The van der Waals surface area contributed by atoms with Gasteiger partial charge in [-0.25, -0.2) is 12.8 Å². The molecular weight excluding hydrogens is 313 g/mol. The number of benzene rings is 1. The van der Waals surface area contributed by atoms with E-state index >= 15 is 0 Å². The van der Waals surface area contributed by atoms with Crippen LogP contribution >= 0.6 is 0 Å². The molecule has 1 fully saturated rings. The van der Waals surface area contributed by atoms with E-state index in [0.29, 0.717) is 12.8 Å². The smallest absolute Gasteiger partial charge is 0.308 e. The summed E-state index contributed by atoms with van der Waals surface area (Å²) >= 11 is 0. The number of esters is 1. The fourth-order valence-electron chi connectivity index (χ4n) is 2.46. The fourth-order valence-corrected chi connectivity index (χ4v) is 3.94. The van der Waals surface area contributed by atoms with Crippen LogP contribution in [-0.4, -0.2) is 46.0 Å². The van der Waals surface area contributed by atoms with E-state index in [1.54, 1.807) is 0 Å². The van der Waals surface area contributed by atoms with Crippen LogP contribution in [0.5, 0.6) is 5.75 Å². The molecule has 0 aliphatic carbocycles. The molecule has 1 aliphatic rings. The predicted octanol–water partition coefficient (Wildman–Crippen LogP) is 1.41. The van der Waals surface area contributed by atoms with Crippen molar-refractivity contribution < 1.29 is 27.1 Å². The molecule has 1 heterocycles. The van der Waals surface area contributed by atoms with E-state index in [1.807, 2.05) is 0 Å². The molecule has 6 nitrogen and oxygen atoms in total. The zero-order valence-corrected chi connectivity index (χ0v) is 13.2. The molecule has 0 spiro atoms. The van der Waals surface area contributed by atoms with Crippen molar-refractivity contribution in [1.82, 2.24) is 4.31 Å². The van der Waals surface area contributed by atoms with Crippen LogP contribution in [0.2, 0.25) is 0 Å². The molecule has 0 radical (unpaired) electrons. The maximum absolute atomic E-state index is 13.7. The van der Waals surface area contributed by atoms with Crippen LogP contribution in [-0.2, 0) is 19.6 Å². The van der Waals surface area contributed by atoms with Gasteiger partial charge >= 0.3 is 5.97 Å². The van der Waals surface area contributed by atoms with E-state index in [0.717, 1.165) is 6.07 Å². The van der Waals surface area contributed by atoms with Gasteiger partial charge in [-0.3, -0.25) is 4.79 Å². The molecule has 0 atom stereocenters. The summed E-state index contributed by atoms with van der Waals surface area (Å²) in [7, 11) is -1.16. The third kappa shape index (κ3) is 3.22. The van der Waals surface area contributed by atoms with Crippen molar-refractivity contribution in [3.8, 4) is 5.75 Å². The zero-order valence-electron chi connectivity index (χ0n) is 12.4. The van der Waals surface area contributed by atoms with Gasteiger partial charge in [-0.05, 0) is 31.0 Å². The van der Waals surface area contributed by atoms with Crippen LogP contribution in [0.4, 0.5) is 4.39 Å². The van der Waals surface area contributed by atoms with Crippen LogP contribution in [0, 0.1) is 11.7 Å². The van der Waals surface area contributed by atoms with Gasteiger partial charge in [0.2, 0.25) is 10.0 Å². The summed E-state index contributed by atoms with van der Waals surface area (Å²) in [6, 6.07) is 3.54. The summed E-state index contributed by atoms with van der Waals surface area (Å²) in [4.78, 5) is 11.3. The number of ether oxygens (including phenoxy) is 2. The van der Waals surface area contributed by atoms with E-state index in [2.05, 4.69) is 4.74 Å². The highest BCUT2D eigenvalue weighted by Crippen LogP contribution is 2.27. The molecule has 1 aliphatic heterocycles. The second-order valence-electron chi connectivity index (χ2n) is 5.00. The molecule has 1 aromatic carbocycles. The maximum atomic E-state index is 13.7. The number of rotatable bonds is 4. The molecule has 122 valence electrons. The predicted molar refractivity (Wildman–Crippen MR) is 76.5 cm³/mol. The Morgan fingerprint density at radius 1 is 1.27 bits per heavy atom. The van der Waals surface area contributed by atoms with Crippen LogP contribution < -0.4 is 4.74 Å². The van der Waals surface area contributed by atoms with Crippen LogP contribution in [0.1, 0.15) is 12.8 Å². The van der Waals surface area contributed by atoms with Gasteiger partial charge in [0.25, 0.3) is 0 Å². The van der Waals surface area contributed by atoms with Gasteiger partial charge in [-0.15, -0.1) is 0 Å².